The topological polar surface area (TPSA) is 29.1 Å². The summed E-state index contributed by atoms with van der Waals surface area (Å²) in [6.45, 7) is 1.61. The van der Waals surface area contributed by atoms with Crippen molar-refractivity contribution >= 4 is 28.4 Å². The van der Waals surface area contributed by atoms with Crippen molar-refractivity contribution in [2.75, 3.05) is 6.54 Å². The molecule has 1 N–H and O–H groups in total. The van der Waals surface area contributed by atoms with Gasteiger partial charge < -0.3 is 5.32 Å². The van der Waals surface area contributed by atoms with Crippen LogP contribution in [0.15, 0.2) is 48.5 Å². The first kappa shape index (κ1) is 13.8. The van der Waals surface area contributed by atoms with Crippen molar-refractivity contribution in [3.05, 3.63) is 68.8 Å². The van der Waals surface area contributed by atoms with E-state index in [9.17, 15) is 4.79 Å². The molecule has 0 amide bonds. The summed E-state index contributed by atoms with van der Waals surface area (Å²) in [5.41, 5.74) is 3.54. The number of carbonyl (C=O) groups is 1. The monoisotopic (exact) mass is 377 g/mol. The maximum Gasteiger partial charge on any atom is 0.145 e. The molecular formula is C17H16INO. The Bertz CT molecular complexity index is 621. The predicted octanol–water partition coefficient (Wildman–Crippen LogP) is 3.29. The summed E-state index contributed by atoms with van der Waals surface area (Å²) in [4.78, 5) is 12.6. The van der Waals surface area contributed by atoms with Crippen molar-refractivity contribution < 1.29 is 4.79 Å². The molecule has 102 valence electrons. The average molecular weight is 377 g/mol. The first-order valence-electron chi connectivity index (χ1n) is 6.80. The van der Waals surface area contributed by atoms with Gasteiger partial charge >= 0.3 is 0 Å². The van der Waals surface area contributed by atoms with Gasteiger partial charge in [0.25, 0.3) is 0 Å². The van der Waals surface area contributed by atoms with Crippen LogP contribution in [0.3, 0.4) is 0 Å². The van der Waals surface area contributed by atoms with Crippen LogP contribution in [0.4, 0.5) is 0 Å². The molecular weight excluding hydrogens is 361 g/mol. The second-order valence-corrected chi connectivity index (χ2v) is 6.40. The van der Waals surface area contributed by atoms with Gasteiger partial charge in [-0.1, -0.05) is 36.4 Å². The van der Waals surface area contributed by atoms with Gasteiger partial charge in [0.05, 0.1) is 5.92 Å². The van der Waals surface area contributed by atoms with Crippen molar-refractivity contribution in [3.63, 3.8) is 0 Å². The van der Waals surface area contributed by atoms with Crippen LogP contribution < -0.4 is 5.32 Å². The van der Waals surface area contributed by atoms with Gasteiger partial charge in [0.1, 0.15) is 5.78 Å². The first-order chi connectivity index (χ1) is 9.74. The summed E-state index contributed by atoms with van der Waals surface area (Å²) in [6, 6.07) is 16.4. The minimum absolute atomic E-state index is 0.0146. The van der Waals surface area contributed by atoms with E-state index in [2.05, 4.69) is 52.2 Å². The van der Waals surface area contributed by atoms with E-state index in [1.165, 1.54) is 14.7 Å². The molecule has 1 heterocycles. The molecule has 2 aromatic carbocycles. The third-order valence-corrected chi connectivity index (χ3v) is 4.49. The highest BCUT2D eigenvalue weighted by atomic mass is 127. The number of ketones is 1. The molecule has 3 rings (SSSR count). The molecule has 0 aromatic heterocycles. The van der Waals surface area contributed by atoms with Crippen LogP contribution >= 0.6 is 22.6 Å². The highest BCUT2D eigenvalue weighted by molar-refractivity contribution is 14.1. The van der Waals surface area contributed by atoms with Crippen molar-refractivity contribution in [3.8, 4) is 0 Å². The Morgan fingerprint density at radius 2 is 1.90 bits per heavy atom. The molecule has 0 fully saturated rings. The molecule has 0 aliphatic carbocycles. The highest BCUT2D eigenvalue weighted by Crippen LogP contribution is 2.25. The number of halogens is 1. The van der Waals surface area contributed by atoms with Crippen LogP contribution in [-0.4, -0.2) is 12.3 Å². The number of fused-ring (bicyclic) bond motifs is 1. The molecule has 0 saturated carbocycles. The van der Waals surface area contributed by atoms with E-state index in [0.717, 1.165) is 18.7 Å². The lowest BCUT2D eigenvalue weighted by atomic mass is 9.85. The normalized spacial score (nSPS) is 17.6. The lowest BCUT2D eigenvalue weighted by molar-refractivity contribution is -0.119. The quantitative estimate of drug-likeness (QED) is 0.832. The lowest BCUT2D eigenvalue weighted by Crippen LogP contribution is -2.33. The molecule has 1 aliphatic rings. The number of Topliss-reactive ketones (excluding diaryl/α,β-unsaturated/α-hetero) is 1. The summed E-state index contributed by atoms with van der Waals surface area (Å²) >= 11 is 2.28. The second-order valence-electron chi connectivity index (χ2n) is 5.15. The zero-order valence-electron chi connectivity index (χ0n) is 11.1. The van der Waals surface area contributed by atoms with Gasteiger partial charge in [0.15, 0.2) is 0 Å². The summed E-state index contributed by atoms with van der Waals surface area (Å²) in [5, 5.41) is 3.34. The molecule has 1 aliphatic heterocycles. The zero-order valence-corrected chi connectivity index (χ0v) is 13.3. The Kier molecular flexibility index (Phi) is 4.17. The van der Waals surface area contributed by atoms with Crippen LogP contribution in [0.5, 0.6) is 0 Å². The van der Waals surface area contributed by atoms with Crippen LogP contribution in [0.2, 0.25) is 0 Å². The fourth-order valence-electron chi connectivity index (χ4n) is 2.71. The molecule has 1 unspecified atom stereocenters. The third kappa shape index (κ3) is 2.94. The second kappa shape index (κ2) is 6.06. The maximum atomic E-state index is 12.6. The number of rotatable bonds is 3. The fourth-order valence-corrected chi connectivity index (χ4v) is 3.07. The van der Waals surface area contributed by atoms with E-state index in [0.29, 0.717) is 12.2 Å². The number of hydrogen-bond acceptors (Lipinski definition) is 2. The van der Waals surface area contributed by atoms with E-state index in [4.69, 9.17) is 0 Å². The molecule has 20 heavy (non-hydrogen) atoms. The molecule has 0 saturated heterocycles. The summed E-state index contributed by atoms with van der Waals surface area (Å²) in [6.07, 6.45) is 0.512. The van der Waals surface area contributed by atoms with Crippen LogP contribution in [0.1, 0.15) is 22.6 Å². The highest BCUT2D eigenvalue weighted by Gasteiger charge is 2.25. The summed E-state index contributed by atoms with van der Waals surface area (Å²) in [5.74, 6) is 0.282. The van der Waals surface area contributed by atoms with E-state index in [1.54, 1.807) is 0 Å². The predicted molar refractivity (Wildman–Crippen MR) is 88.8 cm³/mol. The van der Waals surface area contributed by atoms with Gasteiger partial charge in [0, 0.05) is 23.1 Å². The molecule has 2 aromatic rings. The SMILES string of the molecule is O=C(Cc1ccc(I)cc1)C1CNCc2ccccc21. The standard InChI is InChI=1S/C17H16INO/c18-14-7-5-12(6-8-14)9-17(20)16-11-19-10-13-3-1-2-4-15(13)16/h1-8,16,19H,9-11H2. The molecule has 3 heteroatoms. The van der Waals surface area contributed by atoms with Crippen molar-refractivity contribution in [2.24, 2.45) is 0 Å². The molecule has 0 radical (unpaired) electrons. The number of hydrogen-bond donors (Lipinski definition) is 1. The van der Waals surface area contributed by atoms with Crippen molar-refractivity contribution in [1.82, 2.24) is 5.32 Å². The Morgan fingerprint density at radius 3 is 2.70 bits per heavy atom. The van der Waals surface area contributed by atoms with Gasteiger partial charge in [-0.15, -0.1) is 0 Å². The van der Waals surface area contributed by atoms with Gasteiger partial charge in [-0.2, -0.15) is 0 Å². The van der Waals surface area contributed by atoms with E-state index in [1.807, 2.05) is 24.3 Å². The van der Waals surface area contributed by atoms with Gasteiger partial charge in [-0.05, 0) is 51.4 Å². The molecule has 1 atom stereocenters. The van der Waals surface area contributed by atoms with E-state index < -0.39 is 0 Å². The minimum atomic E-state index is -0.0146. The van der Waals surface area contributed by atoms with Crippen molar-refractivity contribution in [1.29, 1.82) is 0 Å². The van der Waals surface area contributed by atoms with Gasteiger partial charge in [0.2, 0.25) is 0 Å². The Morgan fingerprint density at radius 1 is 1.15 bits per heavy atom. The van der Waals surface area contributed by atoms with Crippen LogP contribution in [0, 0.1) is 3.57 Å². The largest absolute Gasteiger partial charge is 0.312 e. The van der Waals surface area contributed by atoms with Gasteiger partial charge in [-0.25, -0.2) is 0 Å². The number of nitrogens with one attached hydrogen (secondary N) is 1. The Hall–Kier alpha value is -1.20. The number of carbonyl (C=O) groups excluding carboxylic acids is 1. The molecule has 0 bridgehead atoms. The van der Waals surface area contributed by atoms with E-state index >= 15 is 0 Å². The van der Waals surface area contributed by atoms with Crippen LogP contribution in [-0.2, 0) is 17.8 Å². The summed E-state index contributed by atoms with van der Waals surface area (Å²) in [7, 11) is 0. The smallest absolute Gasteiger partial charge is 0.145 e. The summed E-state index contributed by atoms with van der Waals surface area (Å²) < 4.78 is 1.20. The minimum Gasteiger partial charge on any atom is -0.312 e. The molecule has 0 spiro atoms. The Balaban J connectivity index is 1.80. The van der Waals surface area contributed by atoms with Gasteiger partial charge in [-0.3, -0.25) is 4.79 Å². The van der Waals surface area contributed by atoms with E-state index in [-0.39, 0.29) is 5.92 Å². The third-order valence-electron chi connectivity index (χ3n) is 3.77. The maximum absolute atomic E-state index is 12.6. The zero-order chi connectivity index (χ0) is 13.9. The van der Waals surface area contributed by atoms with Crippen LogP contribution in [0.25, 0.3) is 0 Å². The fraction of sp³-hybridized carbons (Fsp3) is 0.235. The lowest BCUT2D eigenvalue weighted by Gasteiger charge is -2.25. The number of benzene rings is 2. The van der Waals surface area contributed by atoms with Crippen molar-refractivity contribution in [2.45, 2.75) is 18.9 Å². The molecule has 2 nitrogen and oxygen atoms in total. The average Bonchev–Trinajstić information content (AvgIpc) is 2.49. The Labute approximate surface area is 132 Å². The first-order valence-corrected chi connectivity index (χ1v) is 7.87.